The van der Waals surface area contributed by atoms with Crippen LogP contribution in [0.1, 0.15) is 31.7 Å². The maximum atomic E-state index is 13.7. The van der Waals surface area contributed by atoms with Gasteiger partial charge in [0.25, 0.3) is 0 Å². The Morgan fingerprint density at radius 2 is 2.14 bits per heavy atom. The highest BCUT2D eigenvalue weighted by atomic mass is 19.1. The summed E-state index contributed by atoms with van der Waals surface area (Å²) in [6.07, 6.45) is 3.56. The van der Waals surface area contributed by atoms with E-state index in [1.54, 1.807) is 12.1 Å². The standard InChI is InChI=1S/C17H27FN2O/c1-12-4-6-16(19)14(8-12)11-20(2)10-13-5-7-17(21-3)15(18)9-13/h5,7,9,12,14,16H,4,6,8,10-11,19H2,1-3H3. The van der Waals surface area contributed by atoms with Crippen LogP contribution in [0.25, 0.3) is 0 Å². The van der Waals surface area contributed by atoms with Gasteiger partial charge in [0.15, 0.2) is 11.6 Å². The van der Waals surface area contributed by atoms with Crippen molar-refractivity contribution in [3.8, 4) is 5.75 Å². The molecule has 0 saturated heterocycles. The first-order valence-corrected chi connectivity index (χ1v) is 7.76. The average Bonchev–Trinajstić information content (AvgIpc) is 2.43. The molecule has 0 amide bonds. The van der Waals surface area contributed by atoms with Crippen LogP contribution >= 0.6 is 0 Å². The number of rotatable bonds is 5. The Morgan fingerprint density at radius 1 is 1.38 bits per heavy atom. The van der Waals surface area contributed by atoms with Gasteiger partial charge in [-0.3, -0.25) is 0 Å². The lowest BCUT2D eigenvalue weighted by Crippen LogP contribution is -2.41. The third-order valence-electron chi connectivity index (χ3n) is 4.52. The molecule has 21 heavy (non-hydrogen) atoms. The summed E-state index contributed by atoms with van der Waals surface area (Å²) in [6, 6.07) is 5.46. The summed E-state index contributed by atoms with van der Waals surface area (Å²) in [4.78, 5) is 2.24. The molecule has 4 heteroatoms. The Kier molecular flexibility index (Phi) is 5.59. The monoisotopic (exact) mass is 294 g/mol. The summed E-state index contributed by atoms with van der Waals surface area (Å²) < 4.78 is 18.7. The maximum absolute atomic E-state index is 13.7. The van der Waals surface area contributed by atoms with Gasteiger partial charge in [-0.25, -0.2) is 4.39 Å². The van der Waals surface area contributed by atoms with E-state index in [0.29, 0.717) is 17.7 Å². The topological polar surface area (TPSA) is 38.5 Å². The van der Waals surface area contributed by atoms with Crippen molar-refractivity contribution in [3.63, 3.8) is 0 Å². The highest BCUT2D eigenvalue weighted by Crippen LogP contribution is 2.28. The van der Waals surface area contributed by atoms with E-state index in [1.165, 1.54) is 20.0 Å². The number of benzene rings is 1. The van der Waals surface area contributed by atoms with Crippen LogP contribution in [0.15, 0.2) is 18.2 Å². The number of hydrogen-bond donors (Lipinski definition) is 1. The molecule has 0 spiro atoms. The first-order chi connectivity index (χ1) is 9.99. The molecule has 1 aliphatic rings. The second kappa shape index (κ2) is 7.23. The normalized spacial score (nSPS) is 26.1. The second-order valence-corrected chi connectivity index (χ2v) is 6.51. The SMILES string of the molecule is COc1ccc(CN(C)CC2CC(C)CCC2N)cc1F. The molecule has 0 aliphatic heterocycles. The van der Waals surface area contributed by atoms with E-state index in [2.05, 4.69) is 18.9 Å². The molecule has 1 aromatic rings. The Bertz CT molecular complexity index is 466. The predicted octanol–water partition coefficient (Wildman–Crippen LogP) is 3.03. The molecule has 2 N–H and O–H groups in total. The Hall–Kier alpha value is -1.13. The molecule has 118 valence electrons. The molecule has 1 aromatic carbocycles. The van der Waals surface area contributed by atoms with Gasteiger partial charge in [-0.2, -0.15) is 0 Å². The van der Waals surface area contributed by atoms with Crippen molar-refractivity contribution in [1.29, 1.82) is 0 Å². The molecular formula is C17H27FN2O. The fraction of sp³-hybridized carbons (Fsp3) is 0.647. The molecule has 3 unspecified atom stereocenters. The molecule has 0 aromatic heterocycles. The second-order valence-electron chi connectivity index (χ2n) is 6.51. The van der Waals surface area contributed by atoms with Crippen LogP contribution in [0.4, 0.5) is 4.39 Å². The zero-order valence-corrected chi connectivity index (χ0v) is 13.3. The minimum Gasteiger partial charge on any atom is -0.494 e. The summed E-state index contributed by atoms with van der Waals surface area (Å²) in [5.74, 6) is 1.30. The summed E-state index contributed by atoms with van der Waals surface area (Å²) in [5, 5.41) is 0. The Morgan fingerprint density at radius 3 is 2.81 bits per heavy atom. The minimum atomic E-state index is -0.300. The van der Waals surface area contributed by atoms with Crippen LogP contribution < -0.4 is 10.5 Å². The summed E-state index contributed by atoms with van der Waals surface area (Å²) in [6.45, 7) is 4.01. The van der Waals surface area contributed by atoms with Gasteiger partial charge in [-0.1, -0.05) is 13.0 Å². The van der Waals surface area contributed by atoms with E-state index in [-0.39, 0.29) is 5.82 Å². The van der Waals surface area contributed by atoms with Crippen LogP contribution in [0, 0.1) is 17.7 Å². The van der Waals surface area contributed by atoms with Crippen molar-refractivity contribution in [2.45, 2.75) is 38.8 Å². The van der Waals surface area contributed by atoms with Crippen molar-refractivity contribution < 1.29 is 9.13 Å². The van der Waals surface area contributed by atoms with Gasteiger partial charge in [-0.15, -0.1) is 0 Å². The van der Waals surface area contributed by atoms with E-state index < -0.39 is 0 Å². The van der Waals surface area contributed by atoms with Crippen LogP contribution in [0.5, 0.6) is 5.75 Å². The molecule has 3 nitrogen and oxygen atoms in total. The van der Waals surface area contributed by atoms with Crippen molar-refractivity contribution in [1.82, 2.24) is 4.90 Å². The van der Waals surface area contributed by atoms with E-state index in [4.69, 9.17) is 10.5 Å². The molecule has 0 radical (unpaired) electrons. The van der Waals surface area contributed by atoms with Gasteiger partial charge in [-0.05, 0) is 55.8 Å². The largest absolute Gasteiger partial charge is 0.494 e. The molecule has 2 rings (SSSR count). The van der Waals surface area contributed by atoms with Crippen molar-refractivity contribution in [2.24, 2.45) is 17.6 Å². The maximum Gasteiger partial charge on any atom is 0.165 e. The predicted molar refractivity (Wildman–Crippen MR) is 83.8 cm³/mol. The molecule has 0 bridgehead atoms. The number of nitrogens with zero attached hydrogens (tertiary/aromatic N) is 1. The van der Waals surface area contributed by atoms with E-state index in [0.717, 1.165) is 31.0 Å². The smallest absolute Gasteiger partial charge is 0.165 e. The van der Waals surface area contributed by atoms with Crippen molar-refractivity contribution in [2.75, 3.05) is 20.7 Å². The van der Waals surface area contributed by atoms with Gasteiger partial charge >= 0.3 is 0 Å². The molecule has 1 fully saturated rings. The minimum absolute atomic E-state index is 0.296. The third-order valence-corrected chi connectivity index (χ3v) is 4.52. The van der Waals surface area contributed by atoms with Crippen LogP contribution in [-0.4, -0.2) is 31.6 Å². The van der Waals surface area contributed by atoms with E-state index in [9.17, 15) is 4.39 Å². The van der Waals surface area contributed by atoms with Crippen LogP contribution in [0.3, 0.4) is 0 Å². The quantitative estimate of drug-likeness (QED) is 0.907. The summed E-state index contributed by atoms with van der Waals surface area (Å²) >= 11 is 0. The highest BCUT2D eigenvalue weighted by molar-refractivity contribution is 5.29. The fourth-order valence-electron chi connectivity index (χ4n) is 3.32. The number of methoxy groups -OCH3 is 1. The van der Waals surface area contributed by atoms with Gasteiger partial charge in [0.2, 0.25) is 0 Å². The summed E-state index contributed by atoms with van der Waals surface area (Å²) in [5.41, 5.74) is 7.21. The van der Waals surface area contributed by atoms with Crippen molar-refractivity contribution >= 4 is 0 Å². The fourth-order valence-corrected chi connectivity index (χ4v) is 3.32. The van der Waals surface area contributed by atoms with Crippen LogP contribution in [0.2, 0.25) is 0 Å². The van der Waals surface area contributed by atoms with Gasteiger partial charge in [0.05, 0.1) is 7.11 Å². The molecule has 3 atom stereocenters. The highest BCUT2D eigenvalue weighted by Gasteiger charge is 2.26. The zero-order chi connectivity index (χ0) is 15.4. The third kappa shape index (κ3) is 4.42. The number of hydrogen-bond acceptors (Lipinski definition) is 3. The molecule has 0 heterocycles. The number of nitrogens with two attached hydrogens (primary N) is 1. The average molecular weight is 294 g/mol. The van der Waals surface area contributed by atoms with Crippen LogP contribution in [-0.2, 0) is 6.54 Å². The van der Waals surface area contributed by atoms with E-state index in [1.807, 2.05) is 6.07 Å². The molecular weight excluding hydrogens is 267 g/mol. The Balaban J connectivity index is 1.91. The lowest BCUT2D eigenvalue weighted by atomic mass is 9.79. The van der Waals surface area contributed by atoms with E-state index >= 15 is 0 Å². The number of halogens is 1. The van der Waals surface area contributed by atoms with Crippen molar-refractivity contribution in [3.05, 3.63) is 29.6 Å². The number of ether oxygens (including phenoxy) is 1. The Labute approximate surface area is 127 Å². The zero-order valence-electron chi connectivity index (χ0n) is 13.3. The lowest BCUT2D eigenvalue weighted by molar-refractivity contribution is 0.177. The lowest BCUT2D eigenvalue weighted by Gasteiger charge is -2.35. The van der Waals surface area contributed by atoms with Gasteiger partial charge < -0.3 is 15.4 Å². The summed E-state index contributed by atoms with van der Waals surface area (Å²) in [7, 11) is 3.56. The van der Waals surface area contributed by atoms with Gasteiger partial charge in [0.1, 0.15) is 0 Å². The first-order valence-electron chi connectivity index (χ1n) is 7.76. The first kappa shape index (κ1) is 16.2. The van der Waals surface area contributed by atoms with Gasteiger partial charge in [0, 0.05) is 19.1 Å². The molecule has 1 saturated carbocycles. The molecule has 1 aliphatic carbocycles.